The molecular weight excluding hydrogens is 460 g/mol. The fourth-order valence-electron chi connectivity index (χ4n) is 3.55. The molecule has 0 saturated carbocycles. The van der Waals surface area contributed by atoms with Gasteiger partial charge in [-0.05, 0) is 43.3 Å². The summed E-state index contributed by atoms with van der Waals surface area (Å²) in [5.41, 5.74) is 2.39. The predicted molar refractivity (Wildman–Crippen MR) is 130 cm³/mol. The van der Waals surface area contributed by atoms with Gasteiger partial charge in [0.2, 0.25) is 15.9 Å². The van der Waals surface area contributed by atoms with Crippen molar-refractivity contribution in [2.24, 2.45) is 0 Å². The van der Waals surface area contributed by atoms with E-state index < -0.39 is 15.3 Å². The van der Waals surface area contributed by atoms with Crippen molar-refractivity contribution in [1.82, 2.24) is 13.9 Å². The standard InChI is InChI=1S/C23H26N4O4S2/c1-3-12-27-21-7-5-4-6-20(21)25-23(27)32-17(2)22(28)24-18-8-10-19(11-9-18)33(29,30)26-13-15-31-16-14-26/h3-11,17H,1,12-16H2,2H3,(H,24,28)/t17-/m1/s1. The van der Waals surface area contributed by atoms with Gasteiger partial charge in [0.25, 0.3) is 0 Å². The second-order valence-electron chi connectivity index (χ2n) is 7.57. The number of carbonyl (C=O) groups excluding carboxylic acids is 1. The molecule has 33 heavy (non-hydrogen) atoms. The first-order chi connectivity index (χ1) is 15.9. The number of carbonyl (C=O) groups is 1. The van der Waals surface area contributed by atoms with E-state index in [-0.39, 0.29) is 10.8 Å². The van der Waals surface area contributed by atoms with Crippen LogP contribution in [0.15, 0.2) is 71.2 Å². The van der Waals surface area contributed by atoms with Crippen molar-refractivity contribution in [3.8, 4) is 0 Å². The Hall–Kier alpha value is -2.66. The summed E-state index contributed by atoms with van der Waals surface area (Å²) < 4.78 is 34.2. The number of nitrogens with one attached hydrogen (secondary N) is 1. The first-order valence-corrected chi connectivity index (χ1v) is 12.9. The molecule has 174 valence electrons. The second kappa shape index (κ2) is 10.1. The summed E-state index contributed by atoms with van der Waals surface area (Å²) in [6, 6.07) is 14.1. The number of allylic oxidation sites excluding steroid dienone is 1. The number of sulfonamides is 1. The molecule has 1 amide bonds. The number of imidazole rings is 1. The van der Waals surface area contributed by atoms with E-state index in [0.29, 0.717) is 38.5 Å². The minimum absolute atomic E-state index is 0.194. The number of ether oxygens (including phenoxy) is 1. The van der Waals surface area contributed by atoms with E-state index in [1.807, 2.05) is 35.8 Å². The lowest BCUT2D eigenvalue weighted by molar-refractivity contribution is -0.115. The molecule has 0 unspecified atom stereocenters. The summed E-state index contributed by atoms with van der Waals surface area (Å²) >= 11 is 1.37. The minimum atomic E-state index is -3.57. The van der Waals surface area contributed by atoms with Gasteiger partial charge in [-0.15, -0.1) is 6.58 Å². The highest BCUT2D eigenvalue weighted by atomic mass is 32.2. The number of rotatable bonds is 8. The van der Waals surface area contributed by atoms with Gasteiger partial charge in [-0.2, -0.15) is 4.31 Å². The average molecular weight is 487 g/mol. The number of fused-ring (bicyclic) bond motifs is 1. The number of morpholine rings is 1. The van der Waals surface area contributed by atoms with Crippen LogP contribution in [0.3, 0.4) is 0 Å². The molecule has 8 nitrogen and oxygen atoms in total. The third-order valence-corrected chi connectivity index (χ3v) is 8.32. The molecule has 1 aromatic heterocycles. The maximum absolute atomic E-state index is 12.8. The van der Waals surface area contributed by atoms with Crippen LogP contribution in [-0.2, 0) is 26.1 Å². The molecule has 10 heteroatoms. The van der Waals surface area contributed by atoms with Crippen molar-refractivity contribution in [2.75, 3.05) is 31.6 Å². The third kappa shape index (κ3) is 5.14. The molecule has 2 aromatic carbocycles. The van der Waals surface area contributed by atoms with Gasteiger partial charge in [0, 0.05) is 25.3 Å². The average Bonchev–Trinajstić information content (AvgIpc) is 3.17. The number of anilines is 1. The summed E-state index contributed by atoms with van der Waals surface area (Å²) in [6.45, 7) is 7.69. The van der Waals surface area contributed by atoms with Crippen molar-refractivity contribution < 1.29 is 17.9 Å². The van der Waals surface area contributed by atoms with E-state index in [1.54, 1.807) is 18.2 Å². The Morgan fingerprint density at radius 2 is 1.91 bits per heavy atom. The molecule has 0 radical (unpaired) electrons. The summed E-state index contributed by atoms with van der Waals surface area (Å²) in [6.07, 6.45) is 1.80. The van der Waals surface area contributed by atoms with E-state index >= 15 is 0 Å². The zero-order valence-electron chi connectivity index (χ0n) is 18.3. The molecule has 1 fully saturated rings. The van der Waals surface area contributed by atoms with Crippen molar-refractivity contribution in [2.45, 2.75) is 28.8 Å². The maximum Gasteiger partial charge on any atom is 0.243 e. The van der Waals surface area contributed by atoms with Crippen LogP contribution in [-0.4, -0.2) is 59.7 Å². The monoisotopic (exact) mass is 486 g/mol. The van der Waals surface area contributed by atoms with Crippen molar-refractivity contribution in [3.63, 3.8) is 0 Å². The Morgan fingerprint density at radius 3 is 2.61 bits per heavy atom. The van der Waals surface area contributed by atoms with Gasteiger partial charge in [-0.25, -0.2) is 13.4 Å². The van der Waals surface area contributed by atoms with Crippen LogP contribution in [0.2, 0.25) is 0 Å². The van der Waals surface area contributed by atoms with E-state index in [0.717, 1.165) is 16.2 Å². The highest BCUT2D eigenvalue weighted by Crippen LogP contribution is 2.28. The van der Waals surface area contributed by atoms with Gasteiger partial charge in [0.05, 0.1) is 34.4 Å². The van der Waals surface area contributed by atoms with Gasteiger partial charge >= 0.3 is 0 Å². The Bertz CT molecular complexity index is 1250. The molecule has 4 rings (SSSR count). The summed E-state index contributed by atoms with van der Waals surface area (Å²) in [4.78, 5) is 17.7. The van der Waals surface area contributed by atoms with Gasteiger partial charge in [-0.3, -0.25) is 4.79 Å². The van der Waals surface area contributed by atoms with Crippen LogP contribution in [0, 0.1) is 0 Å². The fraction of sp³-hybridized carbons (Fsp3) is 0.304. The highest BCUT2D eigenvalue weighted by Gasteiger charge is 2.26. The topological polar surface area (TPSA) is 93.5 Å². The maximum atomic E-state index is 12.8. The van der Waals surface area contributed by atoms with E-state index in [9.17, 15) is 13.2 Å². The van der Waals surface area contributed by atoms with Gasteiger partial charge in [0.15, 0.2) is 5.16 Å². The minimum Gasteiger partial charge on any atom is -0.379 e. The van der Waals surface area contributed by atoms with Crippen LogP contribution in [0.4, 0.5) is 5.69 Å². The van der Waals surface area contributed by atoms with Gasteiger partial charge < -0.3 is 14.6 Å². The lowest BCUT2D eigenvalue weighted by atomic mass is 10.3. The molecule has 3 aromatic rings. The van der Waals surface area contributed by atoms with Crippen LogP contribution in [0.5, 0.6) is 0 Å². The van der Waals surface area contributed by atoms with Crippen molar-refractivity contribution in [1.29, 1.82) is 0 Å². The highest BCUT2D eigenvalue weighted by molar-refractivity contribution is 8.00. The lowest BCUT2D eigenvalue weighted by Gasteiger charge is -2.26. The van der Waals surface area contributed by atoms with Crippen LogP contribution in [0.25, 0.3) is 11.0 Å². The number of nitrogens with zero attached hydrogens (tertiary/aromatic N) is 3. The predicted octanol–water partition coefficient (Wildman–Crippen LogP) is 3.36. The molecule has 1 atom stereocenters. The number of hydrogen-bond donors (Lipinski definition) is 1. The number of hydrogen-bond acceptors (Lipinski definition) is 6. The molecular formula is C23H26N4O4S2. The van der Waals surface area contributed by atoms with E-state index in [4.69, 9.17) is 4.74 Å². The second-order valence-corrected chi connectivity index (χ2v) is 10.8. The molecule has 1 aliphatic heterocycles. The summed E-state index contributed by atoms with van der Waals surface area (Å²) in [5.74, 6) is -0.194. The molecule has 2 heterocycles. The van der Waals surface area contributed by atoms with Crippen molar-refractivity contribution in [3.05, 3.63) is 61.2 Å². The number of para-hydroxylation sites is 2. The molecule has 1 N–H and O–H groups in total. The smallest absolute Gasteiger partial charge is 0.243 e. The number of amides is 1. The Balaban J connectivity index is 1.44. The zero-order valence-corrected chi connectivity index (χ0v) is 19.9. The molecule has 0 aliphatic carbocycles. The van der Waals surface area contributed by atoms with Gasteiger partial charge in [0.1, 0.15) is 0 Å². The number of benzene rings is 2. The first-order valence-electron chi connectivity index (χ1n) is 10.6. The molecule has 1 saturated heterocycles. The Labute approximate surface area is 197 Å². The molecule has 0 spiro atoms. The Kier molecular flexibility index (Phi) is 7.18. The largest absolute Gasteiger partial charge is 0.379 e. The molecule has 0 bridgehead atoms. The van der Waals surface area contributed by atoms with E-state index in [1.165, 1.54) is 28.2 Å². The normalized spacial score (nSPS) is 15.9. The number of thioether (sulfide) groups is 1. The van der Waals surface area contributed by atoms with Crippen LogP contribution >= 0.6 is 11.8 Å². The van der Waals surface area contributed by atoms with Crippen LogP contribution in [0.1, 0.15) is 6.92 Å². The fourth-order valence-corrected chi connectivity index (χ4v) is 5.89. The first kappa shape index (κ1) is 23.5. The summed E-state index contributed by atoms with van der Waals surface area (Å²) in [5, 5.41) is 3.19. The summed E-state index contributed by atoms with van der Waals surface area (Å²) in [7, 11) is -3.57. The molecule has 1 aliphatic rings. The van der Waals surface area contributed by atoms with Gasteiger partial charge in [-0.1, -0.05) is 30.0 Å². The van der Waals surface area contributed by atoms with Crippen molar-refractivity contribution >= 4 is 44.4 Å². The quantitative estimate of drug-likeness (QED) is 0.388. The number of aromatic nitrogens is 2. The zero-order chi connectivity index (χ0) is 23.4. The third-order valence-electron chi connectivity index (χ3n) is 5.31. The lowest BCUT2D eigenvalue weighted by Crippen LogP contribution is -2.40. The van der Waals surface area contributed by atoms with Crippen LogP contribution < -0.4 is 5.32 Å². The Morgan fingerprint density at radius 1 is 1.21 bits per heavy atom. The SMILES string of the molecule is C=CCn1c(S[C@H](C)C(=O)Nc2ccc(S(=O)(=O)N3CCOCC3)cc2)nc2ccccc21. The van der Waals surface area contributed by atoms with E-state index in [2.05, 4.69) is 16.9 Å².